The van der Waals surface area contributed by atoms with Crippen molar-refractivity contribution in [3.05, 3.63) is 59.1 Å². The molecule has 7 nitrogen and oxygen atoms in total. The minimum atomic E-state index is 0.662. The summed E-state index contributed by atoms with van der Waals surface area (Å²) in [5, 5.41) is 15.7. The summed E-state index contributed by atoms with van der Waals surface area (Å²) < 4.78 is 12.7. The van der Waals surface area contributed by atoms with E-state index < -0.39 is 0 Å². The van der Waals surface area contributed by atoms with Crippen LogP contribution < -0.4 is 9.47 Å². The van der Waals surface area contributed by atoms with Gasteiger partial charge >= 0.3 is 0 Å². The maximum absolute atomic E-state index is 5.53. The van der Waals surface area contributed by atoms with Gasteiger partial charge in [0.2, 0.25) is 5.16 Å². The molecule has 0 N–H and O–H groups in total. The number of rotatable bonds is 7. The zero-order chi connectivity index (χ0) is 20.2. The van der Waals surface area contributed by atoms with Crippen molar-refractivity contribution >= 4 is 23.1 Å². The minimum absolute atomic E-state index is 0.662. The Morgan fingerprint density at radius 3 is 2.66 bits per heavy atom. The molecule has 2 aromatic carbocycles. The van der Waals surface area contributed by atoms with Crippen LogP contribution in [0.5, 0.6) is 11.5 Å². The van der Waals surface area contributed by atoms with Gasteiger partial charge in [0.25, 0.3) is 0 Å². The zero-order valence-electron chi connectivity index (χ0n) is 16.2. The molecule has 0 aliphatic rings. The molecule has 0 amide bonds. The lowest BCUT2D eigenvalue weighted by Crippen LogP contribution is -1.99. The van der Waals surface area contributed by atoms with Gasteiger partial charge in [-0.2, -0.15) is 4.68 Å². The van der Waals surface area contributed by atoms with E-state index in [9.17, 15) is 0 Å². The number of aromatic nitrogens is 5. The molecule has 0 aliphatic carbocycles. The highest BCUT2D eigenvalue weighted by molar-refractivity contribution is 7.98. The fourth-order valence-corrected chi connectivity index (χ4v) is 4.54. The van der Waals surface area contributed by atoms with E-state index in [1.807, 2.05) is 47.8 Å². The highest BCUT2D eigenvalue weighted by Gasteiger charge is 2.15. The third-order valence-corrected chi connectivity index (χ3v) is 6.13. The van der Waals surface area contributed by atoms with Gasteiger partial charge in [-0.05, 0) is 41.6 Å². The Hall–Kier alpha value is -2.91. The van der Waals surface area contributed by atoms with Crippen molar-refractivity contribution in [1.29, 1.82) is 0 Å². The molecule has 0 saturated carbocycles. The van der Waals surface area contributed by atoms with E-state index >= 15 is 0 Å². The molecular formula is C20H19N5O2S2. The van der Waals surface area contributed by atoms with Crippen LogP contribution in [0.1, 0.15) is 11.3 Å². The van der Waals surface area contributed by atoms with Crippen LogP contribution in [-0.4, -0.2) is 39.4 Å². The molecule has 2 aromatic heterocycles. The average Bonchev–Trinajstić information content (AvgIpc) is 3.41. The van der Waals surface area contributed by atoms with Crippen molar-refractivity contribution in [2.24, 2.45) is 0 Å². The molecule has 0 spiro atoms. The van der Waals surface area contributed by atoms with E-state index in [0.29, 0.717) is 17.3 Å². The van der Waals surface area contributed by atoms with E-state index in [2.05, 4.69) is 22.4 Å². The second-order valence-corrected chi connectivity index (χ2v) is 7.98. The lowest BCUT2D eigenvalue weighted by Gasteiger charge is -2.10. The number of thioether (sulfide) groups is 1. The minimum Gasteiger partial charge on any atom is -0.493 e. The summed E-state index contributed by atoms with van der Waals surface area (Å²) in [5.41, 5.74) is 4.00. The van der Waals surface area contributed by atoms with Crippen LogP contribution in [-0.2, 0) is 5.75 Å². The van der Waals surface area contributed by atoms with E-state index in [4.69, 9.17) is 14.5 Å². The van der Waals surface area contributed by atoms with Gasteiger partial charge in [-0.15, -0.1) is 16.4 Å². The molecule has 0 saturated heterocycles. The van der Waals surface area contributed by atoms with Crippen LogP contribution in [0.3, 0.4) is 0 Å². The Morgan fingerprint density at radius 1 is 1.07 bits per heavy atom. The van der Waals surface area contributed by atoms with E-state index in [1.54, 1.807) is 42.0 Å². The largest absolute Gasteiger partial charge is 0.493 e. The second kappa shape index (κ2) is 8.62. The predicted molar refractivity (Wildman–Crippen MR) is 114 cm³/mol. The van der Waals surface area contributed by atoms with Gasteiger partial charge in [-0.1, -0.05) is 35.5 Å². The number of aryl methyl sites for hydroxylation is 1. The first-order valence-corrected chi connectivity index (χ1v) is 10.7. The van der Waals surface area contributed by atoms with Gasteiger partial charge in [0.1, 0.15) is 5.01 Å². The number of hydrogen-bond acceptors (Lipinski definition) is 8. The topological polar surface area (TPSA) is 75.0 Å². The number of benzene rings is 2. The second-order valence-electron chi connectivity index (χ2n) is 6.18. The summed E-state index contributed by atoms with van der Waals surface area (Å²) in [7, 11) is 3.26. The Kier molecular flexibility index (Phi) is 5.77. The van der Waals surface area contributed by atoms with Crippen molar-refractivity contribution in [3.63, 3.8) is 0 Å². The van der Waals surface area contributed by atoms with Gasteiger partial charge in [-0.3, -0.25) is 0 Å². The summed E-state index contributed by atoms with van der Waals surface area (Å²) in [6.07, 6.45) is 0. The average molecular weight is 426 g/mol. The van der Waals surface area contributed by atoms with Crippen LogP contribution in [0.4, 0.5) is 0 Å². The van der Waals surface area contributed by atoms with Crippen molar-refractivity contribution in [3.8, 4) is 27.8 Å². The van der Waals surface area contributed by atoms with Crippen LogP contribution in [0.25, 0.3) is 16.3 Å². The Bertz CT molecular complexity index is 1110. The Labute approximate surface area is 176 Å². The van der Waals surface area contributed by atoms with Crippen LogP contribution in [0.15, 0.2) is 53.0 Å². The normalized spacial score (nSPS) is 10.9. The van der Waals surface area contributed by atoms with E-state index in [-0.39, 0.29) is 0 Å². The van der Waals surface area contributed by atoms with Gasteiger partial charge in [0.05, 0.1) is 31.2 Å². The van der Waals surface area contributed by atoms with Crippen molar-refractivity contribution in [1.82, 2.24) is 25.2 Å². The number of para-hydroxylation sites is 1. The molecule has 0 atom stereocenters. The molecule has 0 aliphatic heterocycles. The molecule has 148 valence electrons. The summed E-state index contributed by atoms with van der Waals surface area (Å²) in [5.74, 6) is 2.04. The van der Waals surface area contributed by atoms with E-state index in [0.717, 1.165) is 27.1 Å². The van der Waals surface area contributed by atoms with Gasteiger partial charge in [0.15, 0.2) is 11.5 Å². The number of methoxy groups -OCH3 is 2. The van der Waals surface area contributed by atoms with Crippen molar-refractivity contribution < 1.29 is 9.47 Å². The summed E-state index contributed by atoms with van der Waals surface area (Å²) in [6.45, 7) is 2.05. The standard InChI is InChI=1S/C20H19N5O2S2/c1-13-7-9-15(10-8-13)25-20(22-23-24-25)29-12-14-11-28-19(21-14)16-5-4-6-17(26-2)18(16)27-3/h4-11H,12H2,1-3H3. The Balaban J connectivity index is 1.52. The first-order valence-electron chi connectivity index (χ1n) is 8.83. The third kappa shape index (κ3) is 4.10. The van der Waals surface area contributed by atoms with Gasteiger partial charge in [0, 0.05) is 11.1 Å². The monoisotopic (exact) mass is 425 g/mol. The van der Waals surface area contributed by atoms with Crippen molar-refractivity contribution in [2.75, 3.05) is 14.2 Å². The number of thiazole rings is 1. The number of hydrogen-bond donors (Lipinski definition) is 0. The smallest absolute Gasteiger partial charge is 0.214 e. The summed E-state index contributed by atoms with van der Waals surface area (Å²) >= 11 is 3.12. The van der Waals surface area contributed by atoms with Gasteiger partial charge in [-0.25, -0.2) is 4.98 Å². The molecule has 0 fully saturated rings. The number of ether oxygens (including phenoxy) is 2. The summed E-state index contributed by atoms with van der Waals surface area (Å²) in [6, 6.07) is 13.9. The first-order chi connectivity index (χ1) is 14.2. The molecule has 29 heavy (non-hydrogen) atoms. The Morgan fingerprint density at radius 2 is 1.90 bits per heavy atom. The molecule has 4 rings (SSSR count). The van der Waals surface area contributed by atoms with Crippen molar-refractivity contribution in [2.45, 2.75) is 17.8 Å². The molecule has 0 unspecified atom stereocenters. The number of nitrogens with zero attached hydrogens (tertiary/aromatic N) is 5. The molecular weight excluding hydrogens is 406 g/mol. The molecule has 9 heteroatoms. The highest BCUT2D eigenvalue weighted by atomic mass is 32.2. The van der Waals surface area contributed by atoms with E-state index in [1.165, 1.54) is 5.56 Å². The fraction of sp³-hybridized carbons (Fsp3) is 0.200. The maximum Gasteiger partial charge on any atom is 0.214 e. The number of tetrazole rings is 1. The van der Waals surface area contributed by atoms with Crippen LogP contribution >= 0.6 is 23.1 Å². The molecule has 0 bridgehead atoms. The zero-order valence-corrected chi connectivity index (χ0v) is 17.8. The molecule has 2 heterocycles. The van der Waals surface area contributed by atoms with Crippen LogP contribution in [0.2, 0.25) is 0 Å². The molecule has 4 aromatic rings. The SMILES string of the molecule is COc1cccc(-c2nc(CSc3nnnn3-c3ccc(C)cc3)cs2)c1OC. The predicted octanol–water partition coefficient (Wildman–Crippen LogP) is 4.40. The first kappa shape index (κ1) is 19.4. The molecule has 0 radical (unpaired) electrons. The highest BCUT2D eigenvalue weighted by Crippen LogP contribution is 2.39. The fourth-order valence-electron chi connectivity index (χ4n) is 2.81. The lowest BCUT2D eigenvalue weighted by atomic mass is 10.2. The van der Waals surface area contributed by atoms with Gasteiger partial charge < -0.3 is 9.47 Å². The summed E-state index contributed by atoms with van der Waals surface area (Å²) in [4.78, 5) is 4.76. The lowest BCUT2D eigenvalue weighted by molar-refractivity contribution is 0.356. The third-order valence-electron chi connectivity index (χ3n) is 4.25. The van der Waals surface area contributed by atoms with Crippen LogP contribution in [0, 0.1) is 6.92 Å². The quantitative estimate of drug-likeness (QED) is 0.406. The maximum atomic E-state index is 5.53.